The molecule has 1 fully saturated rings. The fraction of sp³-hybridized carbons (Fsp3) is 1.00. The van der Waals surface area contributed by atoms with Crippen LogP contribution in [0.2, 0.25) is 0 Å². The summed E-state index contributed by atoms with van der Waals surface area (Å²) in [5.74, 6) is 0.712. The molecule has 0 spiro atoms. The van der Waals surface area contributed by atoms with Crippen LogP contribution in [0.15, 0.2) is 0 Å². The number of nitrogens with two attached hydrogens (primary N) is 1. The van der Waals surface area contributed by atoms with Crippen molar-refractivity contribution >= 4 is 0 Å². The van der Waals surface area contributed by atoms with Gasteiger partial charge in [-0.25, -0.2) is 0 Å². The number of nitrogens with zero attached hydrogens (tertiary/aromatic N) is 1. The van der Waals surface area contributed by atoms with Crippen LogP contribution in [-0.2, 0) is 0 Å². The highest BCUT2D eigenvalue weighted by atomic mass is 15.1. The minimum atomic E-state index is 0.606. The molecule has 0 aromatic heterocycles. The molecule has 84 valence electrons. The summed E-state index contributed by atoms with van der Waals surface area (Å²) in [5.41, 5.74) is 5.74. The molecule has 0 aromatic rings. The second kappa shape index (κ2) is 5.69. The van der Waals surface area contributed by atoms with Crippen LogP contribution in [0, 0.1) is 5.92 Å². The van der Waals surface area contributed by atoms with Crippen molar-refractivity contribution in [3.8, 4) is 0 Å². The molecule has 1 rings (SSSR count). The van der Waals surface area contributed by atoms with E-state index < -0.39 is 0 Å². The van der Waals surface area contributed by atoms with Crippen LogP contribution in [0.5, 0.6) is 0 Å². The first-order valence-corrected chi connectivity index (χ1v) is 5.75. The van der Waals surface area contributed by atoms with Crippen LogP contribution >= 0.6 is 0 Å². The van der Waals surface area contributed by atoms with E-state index in [0.717, 1.165) is 13.1 Å². The first-order valence-electron chi connectivity index (χ1n) is 5.75. The van der Waals surface area contributed by atoms with E-state index in [1.807, 2.05) is 0 Å². The van der Waals surface area contributed by atoms with Gasteiger partial charge in [0, 0.05) is 18.6 Å². The SMILES string of the molecule is CC(CNC1CCCC1CN)N(C)C. The van der Waals surface area contributed by atoms with Gasteiger partial charge in [-0.05, 0) is 46.3 Å². The second-order valence-electron chi connectivity index (χ2n) is 4.75. The zero-order valence-electron chi connectivity index (χ0n) is 9.79. The number of nitrogens with one attached hydrogen (secondary N) is 1. The van der Waals surface area contributed by atoms with Crippen LogP contribution in [0.3, 0.4) is 0 Å². The molecular weight excluding hydrogens is 174 g/mol. The zero-order valence-corrected chi connectivity index (χ0v) is 9.79. The van der Waals surface area contributed by atoms with Crippen LogP contribution in [0.4, 0.5) is 0 Å². The van der Waals surface area contributed by atoms with Crippen LogP contribution in [0.1, 0.15) is 26.2 Å². The fourth-order valence-corrected chi connectivity index (χ4v) is 2.09. The Bertz CT molecular complexity index is 159. The quantitative estimate of drug-likeness (QED) is 0.683. The Hall–Kier alpha value is -0.120. The molecular formula is C11H25N3. The predicted molar refractivity (Wildman–Crippen MR) is 61.3 cm³/mol. The maximum absolute atomic E-state index is 5.74. The molecule has 0 radical (unpaired) electrons. The number of hydrogen-bond acceptors (Lipinski definition) is 3. The maximum atomic E-state index is 5.74. The van der Waals surface area contributed by atoms with Gasteiger partial charge in [-0.15, -0.1) is 0 Å². The number of hydrogen-bond donors (Lipinski definition) is 2. The molecule has 0 aliphatic heterocycles. The zero-order chi connectivity index (χ0) is 10.6. The van der Waals surface area contributed by atoms with E-state index in [-0.39, 0.29) is 0 Å². The van der Waals surface area contributed by atoms with E-state index in [0.29, 0.717) is 18.0 Å². The van der Waals surface area contributed by atoms with E-state index in [1.54, 1.807) is 0 Å². The Morgan fingerprint density at radius 1 is 1.43 bits per heavy atom. The van der Waals surface area contributed by atoms with Gasteiger partial charge in [-0.1, -0.05) is 6.42 Å². The highest BCUT2D eigenvalue weighted by Gasteiger charge is 2.25. The van der Waals surface area contributed by atoms with Crippen molar-refractivity contribution < 1.29 is 0 Å². The van der Waals surface area contributed by atoms with Crippen molar-refractivity contribution in [2.75, 3.05) is 27.2 Å². The summed E-state index contributed by atoms with van der Waals surface area (Å²) in [6, 6.07) is 1.27. The summed E-state index contributed by atoms with van der Waals surface area (Å²) >= 11 is 0. The Morgan fingerprint density at radius 2 is 2.14 bits per heavy atom. The molecule has 0 heterocycles. The third-order valence-electron chi connectivity index (χ3n) is 3.52. The molecule has 3 N–H and O–H groups in total. The Balaban J connectivity index is 2.23. The monoisotopic (exact) mass is 199 g/mol. The standard InChI is InChI=1S/C11H25N3/c1-9(14(2)3)8-13-11-6-4-5-10(11)7-12/h9-11,13H,4-8,12H2,1-3H3. The van der Waals surface area contributed by atoms with Crippen molar-refractivity contribution in [2.45, 2.75) is 38.3 Å². The largest absolute Gasteiger partial charge is 0.330 e. The normalized spacial score (nSPS) is 29.8. The summed E-state index contributed by atoms with van der Waals surface area (Å²) in [7, 11) is 4.25. The average Bonchev–Trinajstić information content (AvgIpc) is 2.60. The third kappa shape index (κ3) is 3.23. The van der Waals surface area contributed by atoms with Crippen molar-refractivity contribution in [2.24, 2.45) is 11.7 Å². The topological polar surface area (TPSA) is 41.3 Å². The lowest BCUT2D eigenvalue weighted by Crippen LogP contribution is -2.43. The van der Waals surface area contributed by atoms with Crippen molar-refractivity contribution in [1.29, 1.82) is 0 Å². The van der Waals surface area contributed by atoms with E-state index in [4.69, 9.17) is 5.73 Å². The Kier molecular flexibility index (Phi) is 4.85. The lowest BCUT2D eigenvalue weighted by Gasteiger charge is -2.25. The van der Waals surface area contributed by atoms with Gasteiger partial charge in [-0.3, -0.25) is 0 Å². The molecule has 14 heavy (non-hydrogen) atoms. The minimum absolute atomic E-state index is 0.606. The van der Waals surface area contributed by atoms with Gasteiger partial charge >= 0.3 is 0 Å². The van der Waals surface area contributed by atoms with E-state index in [9.17, 15) is 0 Å². The minimum Gasteiger partial charge on any atom is -0.330 e. The van der Waals surface area contributed by atoms with Gasteiger partial charge in [0.05, 0.1) is 0 Å². The van der Waals surface area contributed by atoms with Crippen LogP contribution in [-0.4, -0.2) is 44.2 Å². The molecule has 1 aliphatic rings. The highest BCUT2D eigenvalue weighted by molar-refractivity contribution is 4.84. The highest BCUT2D eigenvalue weighted by Crippen LogP contribution is 2.24. The van der Waals surface area contributed by atoms with Crippen molar-refractivity contribution in [3.05, 3.63) is 0 Å². The molecule has 0 bridgehead atoms. The number of likely N-dealkylation sites (N-methyl/N-ethyl adjacent to an activating group) is 1. The van der Waals surface area contributed by atoms with Gasteiger partial charge in [0.25, 0.3) is 0 Å². The van der Waals surface area contributed by atoms with Crippen molar-refractivity contribution in [1.82, 2.24) is 10.2 Å². The third-order valence-corrected chi connectivity index (χ3v) is 3.52. The van der Waals surface area contributed by atoms with Crippen molar-refractivity contribution in [3.63, 3.8) is 0 Å². The average molecular weight is 199 g/mol. The molecule has 3 atom stereocenters. The molecule has 0 aromatic carbocycles. The maximum Gasteiger partial charge on any atom is 0.0186 e. The Labute approximate surface area is 88.0 Å². The molecule has 1 aliphatic carbocycles. The summed E-state index contributed by atoms with van der Waals surface area (Å²) in [4.78, 5) is 2.25. The predicted octanol–water partition coefficient (Wildman–Crippen LogP) is 0.654. The summed E-state index contributed by atoms with van der Waals surface area (Å²) in [6.45, 7) is 4.17. The molecule has 3 nitrogen and oxygen atoms in total. The fourth-order valence-electron chi connectivity index (χ4n) is 2.09. The first-order chi connectivity index (χ1) is 6.65. The van der Waals surface area contributed by atoms with Crippen LogP contribution < -0.4 is 11.1 Å². The lowest BCUT2D eigenvalue weighted by molar-refractivity contribution is 0.282. The second-order valence-corrected chi connectivity index (χ2v) is 4.75. The van der Waals surface area contributed by atoms with Crippen LogP contribution in [0.25, 0.3) is 0 Å². The number of rotatable bonds is 5. The molecule has 0 amide bonds. The van der Waals surface area contributed by atoms with E-state index in [2.05, 4.69) is 31.2 Å². The van der Waals surface area contributed by atoms with Gasteiger partial charge < -0.3 is 16.0 Å². The van der Waals surface area contributed by atoms with Gasteiger partial charge in [0.2, 0.25) is 0 Å². The van der Waals surface area contributed by atoms with Gasteiger partial charge in [0.15, 0.2) is 0 Å². The molecule has 3 unspecified atom stereocenters. The summed E-state index contributed by atoms with van der Waals surface area (Å²) < 4.78 is 0. The summed E-state index contributed by atoms with van der Waals surface area (Å²) in [6.07, 6.45) is 3.96. The van der Waals surface area contributed by atoms with E-state index >= 15 is 0 Å². The molecule has 1 saturated carbocycles. The van der Waals surface area contributed by atoms with Gasteiger partial charge in [-0.2, -0.15) is 0 Å². The lowest BCUT2D eigenvalue weighted by atomic mass is 10.0. The molecule has 3 heteroatoms. The molecule has 0 saturated heterocycles. The van der Waals surface area contributed by atoms with E-state index in [1.165, 1.54) is 19.3 Å². The Morgan fingerprint density at radius 3 is 2.71 bits per heavy atom. The summed E-state index contributed by atoms with van der Waals surface area (Å²) in [5, 5.41) is 3.64. The van der Waals surface area contributed by atoms with Gasteiger partial charge in [0.1, 0.15) is 0 Å². The first kappa shape index (κ1) is 12.0. The smallest absolute Gasteiger partial charge is 0.0186 e.